The average Bonchev–Trinajstić information content (AvgIpc) is 2.71. The van der Waals surface area contributed by atoms with Crippen LogP contribution in [-0.2, 0) is 6.54 Å². The van der Waals surface area contributed by atoms with Crippen LogP contribution in [0.4, 0.5) is 4.79 Å². The highest BCUT2D eigenvalue weighted by atomic mass is 16.4. The molecule has 106 valence electrons. The number of nitrogens with zero attached hydrogens (tertiary/aromatic N) is 4. The number of carboxylic acid groups (broad SMARTS) is 1. The van der Waals surface area contributed by atoms with E-state index in [0.717, 1.165) is 25.3 Å². The zero-order chi connectivity index (χ0) is 14.0. The zero-order valence-corrected chi connectivity index (χ0v) is 11.8. The van der Waals surface area contributed by atoms with Gasteiger partial charge in [0.1, 0.15) is 0 Å². The molecule has 1 amide bonds. The van der Waals surface area contributed by atoms with E-state index >= 15 is 0 Å². The van der Waals surface area contributed by atoms with Crippen LogP contribution in [0.1, 0.15) is 31.3 Å². The standard InChI is InChI=1S/C13H22N4O2/c1-10(2)17-12(8-11(3)14-17)9-15-4-6-16(7-5-15)13(18)19/h8,10H,4-7,9H2,1-3H3,(H,18,19). The second kappa shape index (κ2) is 5.61. The number of rotatable bonds is 3. The fourth-order valence-electron chi connectivity index (χ4n) is 2.46. The number of hydrogen-bond acceptors (Lipinski definition) is 3. The maximum Gasteiger partial charge on any atom is 0.407 e. The minimum absolute atomic E-state index is 0.351. The van der Waals surface area contributed by atoms with Crippen LogP contribution < -0.4 is 0 Å². The Bertz CT molecular complexity index is 447. The van der Waals surface area contributed by atoms with Gasteiger partial charge in [-0.2, -0.15) is 5.10 Å². The quantitative estimate of drug-likeness (QED) is 0.902. The summed E-state index contributed by atoms with van der Waals surface area (Å²) < 4.78 is 2.05. The highest BCUT2D eigenvalue weighted by molar-refractivity contribution is 5.65. The second-order valence-electron chi connectivity index (χ2n) is 5.36. The summed E-state index contributed by atoms with van der Waals surface area (Å²) in [5.41, 5.74) is 2.24. The van der Waals surface area contributed by atoms with Crippen molar-refractivity contribution in [1.82, 2.24) is 19.6 Å². The Kier molecular flexibility index (Phi) is 4.09. The van der Waals surface area contributed by atoms with Crippen LogP contribution in [0.25, 0.3) is 0 Å². The summed E-state index contributed by atoms with van der Waals surface area (Å²) >= 11 is 0. The van der Waals surface area contributed by atoms with Crippen LogP contribution in [0.5, 0.6) is 0 Å². The van der Waals surface area contributed by atoms with Crippen LogP contribution >= 0.6 is 0 Å². The number of hydrogen-bond donors (Lipinski definition) is 1. The molecule has 6 heteroatoms. The van der Waals surface area contributed by atoms with E-state index in [4.69, 9.17) is 5.11 Å². The Morgan fingerprint density at radius 1 is 1.37 bits per heavy atom. The van der Waals surface area contributed by atoms with Crippen molar-refractivity contribution in [3.8, 4) is 0 Å². The van der Waals surface area contributed by atoms with E-state index in [1.807, 2.05) is 6.92 Å². The molecule has 0 saturated carbocycles. The van der Waals surface area contributed by atoms with Gasteiger partial charge in [0.05, 0.1) is 11.4 Å². The normalized spacial score (nSPS) is 17.2. The van der Waals surface area contributed by atoms with Gasteiger partial charge in [0.15, 0.2) is 0 Å². The number of aryl methyl sites for hydroxylation is 1. The first-order valence-electron chi connectivity index (χ1n) is 6.72. The minimum Gasteiger partial charge on any atom is -0.465 e. The van der Waals surface area contributed by atoms with Crippen LogP contribution in [0.15, 0.2) is 6.07 Å². The lowest BCUT2D eigenvalue weighted by molar-refractivity contribution is 0.101. The predicted octanol–water partition coefficient (Wildman–Crippen LogP) is 1.57. The molecule has 0 atom stereocenters. The van der Waals surface area contributed by atoms with E-state index < -0.39 is 6.09 Å². The molecule has 19 heavy (non-hydrogen) atoms. The van der Waals surface area contributed by atoms with E-state index in [2.05, 4.69) is 34.6 Å². The molecule has 0 bridgehead atoms. The Morgan fingerprint density at radius 3 is 2.53 bits per heavy atom. The third kappa shape index (κ3) is 3.26. The monoisotopic (exact) mass is 266 g/mol. The summed E-state index contributed by atoms with van der Waals surface area (Å²) in [5, 5.41) is 13.4. The van der Waals surface area contributed by atoms with Crippen LogP contribution in [0.2, 0.25) is 0 Å². The molecule has 2 rings (SSSR count). The average molecular weight is 266 g/mol. The highest BCUT2D eigenvalue weighted by Crippen LogP contribution is 2.14. The summed E-state index contributed by atoms with van der Waals surface area (Å²) in [4.78, 5) is 14.6. The summed E-state index contributed by atoms with van der Waals surface area (Å²) in [6.07, 6.45) is -0.817. The first kappa shape index (κ1) is 13.9. The molecule has 1 saturated heterocycles. The van der Waals surface area contributed by atoms with Crippen LogP contribution in [0, 0.1) is 6.92 Å². The number of piperazine rings is 1. The molecular weight excluding hydrogens is 244 g/mol. The van der Waals surface area contributed by atoms with Crippen molar-refractivity contribution in [2.45, 2.75) is 33.4 Å². The molecule has 0 radical (unpaired) electrons. The smallest absolute Gasteiger partial charge is 0.407 e. The van der Waals surface area contributed by atoms with Gasteiger partial charge < -0.3 is 10.0 Å². The lowest BCUT2D eigenvalue weighted by Crippen LogP contribution is -2.48. The van der Waals surface area contributed by atoms with Gasteiger partial charge in [-0.3, -0.25) is 9.58 Å². The number of amides is 1. The van der Waals surface area contributed by atoms with E-state index in [-0.39, 0.29) is 0 Å². The van der Waals surface area contributed by atoms with Crippen molar-refractivity contribution in [2.24, 2.45) is 0 Å². The van der Waals surface area contributed by atoms with Crippen molar-refractivity contribution in [3.05, 3.63) is 17.5 Å². The third-order valence-corrected chi connectivity index (χ3v) is 3.45. The first-order valence-corrected chi connectivity index (χ1v) is 6.72. The summed E-state index contributed by atoms with van der Waals surface area (Å²) in [5.74, 6) is 0. The Labute approximate surface area is 113 Å². The van der Waals surface area contributed by atoms with E-state index in [9.17, 15) is 4.79 Å². The maximum atomic E-state index is 10.9. The first-order chi connectivity index (χ1) is 8.97. The lowest BCUT2D eigenvalue weighted by Gasteiger charge is -2.33. The molecule has 1 N–H and O–H groups in total. The van der Waals surface area contributed by atoms with Crippen LogP contribution in [0.3, 0.4) is 0 Å². The van der Waals surface area contributed by atoms with Gasteiger partial charge in [-0.05, 0) is 26.8 Å². The van der Waals surface area contributed by atoms with E-state index in [0.29, 0.717) is 19.1 Å². The Balaban J connectivity index is 1.97. The van der Waals surface area contributed by atoms with Crippen molar-refractivity contribution < 1.29 is 9.90 Å². The molecule has 0 spiro atoms. The van der Waals surface area contributed by atoms with Gasteiger partial charge in [-0.25, -0.2) is 4.79 Å². The second-order valence-corrected chi connectivity index (χ2v) is 5.36. The van der Waals surface area contributed by atoms with Crippen LogP contribution in [-0.4, -0.2) is 57.0 Å². The summed E-state index contributed by atoms with van der Waals surface area (Å²) in [6.45, 7) is 9.84. The van der Waals surface area contributed by atoms with Crippen molar-refractivity contribution in [2.75, 3.05) is 26.2 Å². The molecule has 1 aliphatic heterocycles. The summed E-state index contributed by atoms with van der Waals surface area (Å²) in [7, 11) is 0. The molecule has 0 aliphatic carbocycles. The molecule has 0 aromatic carbocycles. The fraction of sp³-hybridized carbons (Fsp3) is 0.692. The summed E-state index contributed by atoms with van der Waals surface area (Å²) in [6, 6.07) is 2.47. The molecule has 1 aromatic heterocycles. The third-order valence-electron chi connectivity index (χ3n) is 3.45. The van der Waals surface area contributed by atoms with Gasteiger partial charge >= 0.3 is 6.09 Å². The molecule has 1 aliphatic rings. The van der Waals surface area contributed by atoms with Crippen molar-refractivity contribution >= 4 is 6.09 Å². The minimum atomic E-state index is -0.817. The van der Waals surface area contributed by atoms with Gasteiger partial charge in [0.2, 0.25) is 0 Å². The fourth-order valence-corrected chi connectivity index (χ4v) is 2.46. The molecular formula is C13H22N4O2. The Hall–Kier alpha value is -1.56. The molecule has 2 heterocycles. The SMILES string of the molecule is Cc1cc(CN2CCN(C(=O)O)CC2)n(C(C)C)n1. The topological polar surface area (TPSA) is 61.6 Å². The molecule has 0 unspecified atom stereocenters. The largest absolute Gasteiger partial charge is 0.465 e. The number of carbonyl (C=O) groups is 1. The molecule has 6 nitrogen and oxygen atoms in total. The maximum absolute atomic E-state index is 10.9. The molecule has 1 fully saturated rings. The van der Waals surface area contributed by atoms with Gasteiger partial charge in [0.25, 0.3) is 0 Å². The van der Waals surface area contributed by atoms with Crippen molar-refractivity contribution in [3.63, 3.8) is 0 Å². The molecule has 1 aromatic rings. The van der Waals surface area contributed by atoms with Crippen molar-refractivity contribution in [1.29, 1.82) is 0 Å². The number of aromatic nitrogens is 2. The zero-order valence-electron chi connectivity index (χ0n) is 11.8. The van der Waals surface area contributed by atoms with Gasteiger partial charge in [0, 0.05) is 38.8 Å². The lowest BCUT2D eigenvalue weighted by atomic mass is 10.2. The highest BCUT2D eigenvalue weighted by Gasteiger charge is 2.21. The predicted molar refractivity (Wildman–Crippen MR) is 72.2 cm³/mol. The van der Waals surface area contributed by atoms with Gasteiger partial charge in [-0.15, -0.1) is 0 Å². The van der Waals surface area contributed by atoms with E-state index in [1.165, 1.54) is 10.6 Å². The van der Waals surface area contributed by atoms with E-state index in [1.54, 1.807) is 0 Å². The van der Waals surface area contributed by atoms with Gasteiger partial charge in [-0.1, -0.05) is 0 Å². The Morgan fingerprint density at radius 2 is 2.00 bits per heavy atom.